The zero-order valence-electron chi connectivity index (χ0n) is 10.2. The van der Waals surface area contributed by atoms with Crippen molar-refractivity contribution in [1.82, 2.24) is 5.32 Å². The van der Waals surface area contributed by atoms with Gasteiger partial charge in [-0.1, -0.05) is 28.8 Å². The molecule has 0 aromatic heterocycles. The van der Waals surface area contributed by atoms with Crippen molar-refractivity contribution < 1.29 is 4.39 Å². The van der Waals surface area contributed by atoms with Crippen molar-refractivity contribution in [3.05, 3.63) is 34.1 Å². The topological polar surface area (TPSA) is 12.0 Å². The number of benzene rings is 1. The van der Waals surface area contributed by atoms with Gasteiger partial charge in [0.2, 0.25) is 0 Å². The molecule has 2 unspecified atom stereocenters. The van der Waals surface area contributed by atoms with Crippen LogP contribution in [-0.4, -0.2) is 13.1 Å². The number of rotatable bonds is 3. The normalized spacial score (nSPS) is 24.9. The van der Waals surface area contributed by atoms with Crippen LogP contribution in [0.15, 0.2) is 22.7 Å². The quantitative estimate of drug-likeness (QED) is 0.892. The smallest absolute Gasteiger partial charge is 0.124 e. The summed E-state index contributed by atoms with van der Waals surface area (Å²) in [5.41, 5.74) is 1.10. The Balaban J connectivity index is 2.08. The molecule has 0 heterocycles. The second-order valence-corrected chi connectivity index (χ2v) is 5.84. The van der Waals surface area contributed by atoms with Gasteiger partial charge in [0.05, 0.1) is 0 Å². The molecule has 0 bridgehead atoms. The summed E-state index contributed by atoms with van der Waals surface area (Å²) in [6.07, 6.45) is 6.09. The van der Waals surface area contributed by atoms with Crippen LogP contribution in [0.25, 0.3) is 0 Å². The average Bonchev–Trinajstić information content (AvgIpc) is 2.28. The maximum absolute atomic E-state index is 13.3. The molecule has 1 aromatic rings. The lowest BCUT2D eigenvalue weighted by molar-refractivity contribution is 0.272. The van der Waals surface area contributed by atoms with E-state index in [4.69, 9.17) is 0 Å². The molecule has 1 nitrogen and oxygen atoms in total. The van der Waals surface area contributed by atoms with Gasteiger partial charge >= 0.3 is 0 Å². The Kier molecular flexibility index (Phi) is 4.57. The third kappa shape index (κ3) is 3.52. The molecule has 1 aromatic carbocycles. The fourth-order valence-corrected chi connectivity index (χ4v) is 3.38. The summed E-state index contributed by atoms with van der Waals surface area (Å²) in [6.45, 7) is 0. The van der Waals surface area contributed by atoms with E-state index in [2.05, 4.69) is 21.2 Å². The summed E-state index contributed by atoms with van der Waals surface area (Å²) in [6, 6.07) is 5.79. The summed E-state index contributed by atoms with van der Waals surface area (Å²) >= 11 is 3.35. The van der Waals surface area contributed by atoms with Crippen LogP contribution in [0, 0.1) is 11.7 Å². The van der Waals surface area contributed by atoms with Crippen molar-refractivity contribution in [3.8, 4) is 0 Å². The molecule has 17 heavy (non-hydrogen) atoms. The van der Waals surface area contributed by atoms with Crippen LogP contribution in [0.4, 0.5) is 4.39 Å². The van der Waals surface area contributed by atoms with E-state index in [1.54, 1.807) is 6.07 Å². The zero-order valence-corrected chi connectivity index (χ0v) is 11.8. The highest BCUT2D eigenvalue weighted by Gasteiger charge is 2.23. The molecule has 2 atom stereocenters. The Bertz CT molecular complexity index is 360. The Morgan fingerprint density at radius 1 is 1.29 bits per heavy atom. The summed E-state index contributed by atoms with van der Waals surface area (Å²) in [5.74, 6) is 0.494. The average molecular weight is 300 g/mol. The van der Waals surface area contributed by atoms with E-state index in [0.29, 0.717) is 12.0 Å². The minimum atomic E-state index is -0.147. The molecule has 1 aliphatic rings. The van der Waals surface area contributed by atoms with Gasteiger partial charge in [-0.15, -0.1) is 0 Å². The summed E-state index contributed by atoms with van der Waals surface area (Å²) < 4.78 is 14.2. The van der Waals surface area contributed by atoms with Crippen molar-refractivity contribution >= 4 is 15.9 Å². The first kappa shape index (κ1) is 13.0. The van der Waals surface area contributed by atoms with Gasteiger partial charge in [-0.2, -0.15) is 0 Å². The third-order valence-electron chi connectivity index (χ3n) is 3.70. The Labute approximate surface area is 111 Å². The van der Waals surface area contributed by atoms with E-state index in [1.807, 2.05) is 13.1 Å². The highest BCUT2D eigenvalue weighted by molar-refractivity contribution is 9.10. The molecule has 1 aliphatic carbocycles. The summed E-state index contributed by atoms with van der Waals surface area (Å²) in [7, 11) is 2.03. The standard InChI is InChI=1S/C14H19BrFN/c1-17-14-5-3-2-4-11(14)6-10-7-12(15)9-13(16)8-10/h7-9,11,14,17H,2-6H2,1H3. The zero-order chi connectivity index (χ0) is 12.3. The van der Waals surface area contributed by atoms with Crippen LogP contribution < -0.4 is 5.32 Å². The van der Waals surface area contributed by atoms with Crippen molar-refractivity contribution in [2.75, 3.05) is 7.05 Å². The Morgan fingerprint density at radius 3 is 2.76 bits per heavy atom. The lowest BCUT2D eigenvalue weighted by atomic mass is 9.81. The van der Waals surface area contributed by atoms with E-state index in [1.165, 1.54) is 31.7 Å². The first-order valence-corrected chi connectivity index (χ1v) is 7.10. The molecule has 0 aliphatic heterocycles. The number of halogens is 2. The maximum atomic E-state index is 13.3. The predicted octanol–water partition coefficient (Wildman–Crippen LogP) is 3.91. The van der Waals surface area contributed by atoms with Gasteiger partial charge in [-0.05, 0) is 56.0 Å². The van der Waals surface area contributed by atoms with E-state index >= 15 is 0 Å². The van der Waals surface area contributed by atoms with Crippen LogP contribution in [0.5, 0.6) is 0 Å². The Morgan fingerprint density at radius 2 is 2.06 bits per heavy atom. The molecule has 94 valence electrons. The minimum Gasteiger partial charge on any atom is -0.317 e. The van der Waals surface area contributed by atoms with E-state index in [0.717, 1.165) is 16.5 Å². The maximum Gasteiger partial charge on any atom is 0.124 e. The van der Waals surface area contributed by atoms with E-state index in [9.17, 15) is 4.39 Å². The van der Waals surface area contributed by atoms with Crippen LogP contribution in [0.2, 0.25) is 0 Å². The molecule has 1 saturated carbocycles. The second-order valence-electron chi connectivity index (χ2n) is 4.92. The van der Waals surface area contributed by atoms with Gasteiger partial charge in [0.15, 0.2) is 0 Å². The number of nitrogens with one attached hydrogen (secondary N) is 1. The molecule has 1 fully saturated rings. The van der Waals surface area contributed by atoms with Gasteiger partial charge in [-0.25, -0.2) is 4.39 Å². The lowest BCUT2D eigenvalue weighted by Gasteiger charge is -2.31. The minimum absolute atomic E-state index is 0.147. The van der Waals surface area contributed by atoms with Crippen molar-refractivity contribution in [3.63, 3.8) is 0 Å². The molecule has 0 spiro atoms. The molecule has 0 saturated heterocycles. The van der Waals surface area contributed by atoms with Crippen LogP contribution in [-0.2, 0) is 6.42 Å². The predicted molar refractivity (Wildman–Crippen MR) is 72.6 cm³/mol. The molecular formula is C14H19BrFN. The van der Waals surface area contributed by atoms with Crippen LogP contribution in [0.3, 0.4) is 0 Å². The highest BCUT2D eigenvalue weighted by atomic mass is 79.9. The lowest BCUT2D eigenvalue weighted by Crippen LogP contribution is -2.37. The van der Waals surface area contributed by atoms with Crippen LogP contribution >= 0.6 is 15.9 Å². The largest absolute Gasteiger partial charge is 0.317 e. The molecule has 1 N–H and O–H groups in total. The Hall–Kier alpha value is -0.410. The van der Waals surface area contributed by atoms with Gasteiger partial charge < -0.3 is 5.32 Å². The van der Waals surface area contributed by atoms with Gasteiger partial charge in [-0.3, -0.25) is 0 Å². The van der Waals surface area contributed by atoms with Gasteiger partial charge in [0, 0.05) is 10.5 Å². The van der Waals surface area contributed by atoms with Crippen LogP contribution in [0.1, 0.15) is 31.2 Å². The van der Waals surface area contributed by atoms with Gasteiger partial charge in [0.1, 0.15) is 5.82 Å². The fourth-order valence-electron chi connectivity index (χ4n) is 2.86. The fraction of sp³-hybridized carbons (Fsp3) is 0.571. The number of hydrogen-bond donors (Lipinski definition) is 1. The van der Waals surface area contributed by atoms with Crippen molar-refractivity contribution in [2.45, 2.75) is 38.1 Å². The molecular weight excluding hydrogens is 281 g/mol. The van der Waals surface area contributed by atoms with Gasteiger partial charge in [0.25, 0.3) is 0 Å². The van der Waals surface area contributed by atoms with E-state index < -0.39 is 0 Å². The summed E-state index contributed by atoms with van der Waals surface area (Å²) in [5, 5.41) is 3.40. The third-order valence-corrected chi connectivity index (χ3v) is 4.16. The van der Waals surface area contributed by atoms with Crippen molar-refractivity contribution in [2.24, 2.45) is 5.92 Å². The molecule has 0 radical (unpaired) electrons. The summed E-state index contributed by atoms with van der Waals surface area (Å²) in [4.78, 5) is 0. The SMILES string of the molecule is CNC1CCCCC1Cc1cc(F)cc(Br)c1. The van der Waals surface area contributed by atoms with Crippen molar-refractivity contribution in [1.29, 1.82) is 0 Å². The molecule has 2 rings (SSSR count). The molecule has 0 amide bonds. The first-order chi connectivity index (χ1) is 8.19. The highest BCUT2D eigenvalue weighted by Crippen LogP contribution is 2.28. The first-order valence-electron chi connectivity index (χ1n) is 6.31. The van der Waals surface area contributed by atoms with E-state index in [-0.39, 0.29) is 5.82 Å². The monoisotopic (exact) mass is 299 g/mol. The molecule has 3 heteroatoms. The second kappa shape index (κ2) is 5.96. The number of hydrogen-bond acceptors (Lipinski definition) is 1.